The molecular weight excluding hydrogens is 198 g/mol. The molecule has 0 bridgehead atoms. The van der Waals surface area contributed by atoms with Gasteiger partial charge >= 0.3 is 0 Å². The predicted molar refractivity (Wildman–Crippen MR) is 66.2 cm³/mol. The summed E-state index contributed by atoms with van der Waals surface area (Å²) in [6.45, 7) is 7.35. The second-order valence-corrected chi connectivity index (χ2v) is 5.82. The molecule has 1 heterocycles. The third-order valence-electron chi connectivity index (χ3n) is 3.62. The van der Waals surface area contributed by atoms with E-state index in [1.165, 1.54) is 0 Å². The Morgan fingerprint density at radius 1 is 1.31 bits per heavy atom. The highest BCUT2D eigenvalue weighted by atomic mass is 16.3. The maximum absolute atomic E-state index is 10.7. The van der Waals surface area contributed by atoms with Crippen LogP contribution in [0.2, 0.25) is 0 Å². The summed E-state index contributed by atoms with van der Waals surface area (Å²) >= 11 is 0. The maximum Gasteiger partial charge on any atom is 0.102 e. The van der Waals surface area contributed by atoms with Gasteiger partial charge < -0.3 is 10.4 Å². The van der Waals surface area contributed by atoms with Crippen LogP contribution in [0.4, 0.5) is 0 Å². The van der Waals surface area contributed by atoms with Crippen LogP contribution in [0.3, 0.4) is 0 Å². The summed E-state index contributed by atoms with van der Waals surface area (Å²) in [5.74, 6) is 0. The molecule has 0 saturated carbocycles. The molecule has 2 atom stereocenters. The van der Waals surface area contributed by atoms with E-state index in [0.29, 0.717) is 0 Å². The molecule has 1 aromatic carbocycles. The number of hydrogen-bond acceptors (Lipinski definition) is 2. The van der Waals surface area contributed by atoms with Gasteiger partial charge in [0.1, 0.15) is 5.60 Å². The number of rotatable bonds is 2. The molecule has 2 nitrogen and oxygen atoms in total. The Hall–Kier alpha value is -0.860. The third-order valence-corrected chi connectivity index (χ3v) is 3.62. The van der Waals surface area contributed by atoms with Crippen molar-refractivity contribution >= 4 is 0 Å². The molecule has 1 saturated heterocycles. The zero-order valence-corrected chi connectivity index (χ0v) is 10.3. The van der Waals surface area contributed by atoms with Crippen molar-refractivity contribution < 1.29 is 5.11 Å². The summed E-state index contributed by atoms with van der Waals surface area (Å²) in [5, 5.41) is 14.1. The Morgan fingerprint density at radius 2 is 1.94 bits per heavy atom. The van der Waals surface area contributed by atoms with E-state index in [1.807, 2.05) is 37.3 Å². The van der Waals surface area contributed by atoms with E-state index in [4.69, 9.17) is 0 Å². The lowest BCUT2D eigenvalue weighted by Gasteiger charge is -2.31. The molecule has 0 spiro atoms. The first-order valence-corrected chi connectivity index (χ1v) is 5.93. The lowest BCUT2D eigenvalue weighted by Crippen LogP contribution is -2.42. The molecule has 1 aliphatic rings. The molecule has 16 heavy (non-hydrogen) atoms. The zero-order chi connectivity index (χ0) is 11.8. The summed E-state index contributed by atoms with van der Waals surface area (Å²) in [6, 6.07) is 10.1. The van der Waals surface area contributed by atoms with Crippen molar-refractivity contribution in [3.05, 3.63) is 35.9 Å². The number of nitrogens with one attached hydrogen (secondary N) is 1. The van der Waals surface area contributed by atoms with Crippen molar-refractivity contribution in [1.82, 2.24) is 5.32 Å². The highest BCUT2D eigenvalue weighted by molar-refractivity contribution is 5.24. The first-order valence-electron chi connectivity index (χ1n) is 5.93. The minimum atomic E-state index is -0.783. The van der Waals surface area contributed by atoms with Crippen LogP contribution in [0.25, 0.3) is 0 Å². The van der Waals surface area contributed by atoms with Crippen molar-refractivity contribution in [1.29, 1.82) is 0 Å². The fourth-order valence-electron chi connectivity index (χ4n) is 2.47. The summed E-state index contributed by atoms with van der Waals surface area (Å²) < 4.78 is 0. The minimum Gasteiger partial charge on any atom is -0.384 e. The van der Waals surface area contributed by atoms with Crippen LogP contribution < -0.4 is 5.32 Å². The summed E-state index contributed by atoms with van der Waals surface area (Å²) in [4.78, 5) is 0. The minimum absolute atomic E-state index is 0.143. The molecule has 2 N–H and O–H groups in total. The molecule has 0 amide bonds. The van der Waals surface area contributed by atoms with E-state index < -0.39 is 5.60 Å². The fraction of sp³-hybridized carbons (Fsp3) is 0.571. The first-order chi connectivity index (χ1) is 7.42. The largest absolute Gasteiger partial charge is 0.384 e. The first kappa shape index (κ1) is 11.6. The summed E-state index contributed by atoms with van der Waals surface area (Å²) in [5.41, 5.74) is 0.489. The Balaban J connectivity index is 2.21. The van der Waals surface area contributed by atoms with Gasteiger partial charge in [-0.05, 0) is 24.3 Å². The molecule has 88 valence electrons. The summed E-state index contributed by atoms with van der Waals surface area (Å²) in [7, 11) is 0. The van der Waals surface area contributed by atoms with Gasteiger partial charge in [-0.15, -0.1) is 0 Å². The molecular formula is C14H21NO. The van der Waals surface area contributed by atoms with Gasteiger partial charge in [0.25, 0.3) is 0 Å². The van der Waals surface area contributed by atoms with E-state index in [1.54, 1.807) is 0 Å². The molecule has 1 fully saturated rings. The Bertz CT molecular complexity index is 356. The topological polar surface area (TPSA) is 32.3 Å². The molecule has 2 heteroatoms. The normalized spacial score (nSPS) is 27.6. The molecule has 2 rings (SSSR count). The molecule has 0 aliphatic carbocycles. The van der Waals surface area contributed by atoms with Crippen LogP contribution in [0, 0.1) is 5.41 Å². The van der Waals surface area contributed by atoms with Gasteiger partial charge in [0.05, 0.1) is 0 Å². The van der Waals surface area contributed by atoms with Crippen LogP contribution >= 0.6 is 0 Å². The van der Waals surface area contributed by atoms with E-state index in [2.05, 4.69) is 19.2 Å². The van der Waals surface area contributed by atoms with Gasteiger partial charge in [-0.3, -0.25) is 0 Å². The molecule has 1 unspecified atom stereocenters. The molecule has 0 radical (unpaired) electrons. The summed E-state index contributed by atoms with van der Waals surface area (Å²) in [6.07, 6.45) is 1.01. The molecule has 1 aromatic rings. The zero-order valence-electron chi connectivity index (χ0n) is 10.3. The van der Waals surface area contributed by atoms with Crippen LogP contribution in [0.5, 0.6) is 0 Å². The third kappa shape index (κ3) is 2.13. The van der Waals surface area contributed by atoms with E-state index in [0.717, 1.165) is 18.5 Å². The molecule has 0 aromatic heterocycles. The number of benzene rings is 1. The van der Waals surface area contributed by atoms with Crippen LogP contribution in [0.1, 0.15) is 32.8 Å². The van der Waals surface area contributed by atoms with Crippen LogP contribution in [-0.4, -0.2) is 17.7 Å². The van der Waals surface area contributed by atoms with Crippen molar-refractivity contribution in [2.45, 2.75) is 38.8 Å². The van der Waals surface area contributed by atoms with E-state index >= 15 is 0 Å². The van der Waals surface area contributed by atoms with Gasteiger partial charge in [0.15, 0.2) is 0 Å². The SMILES string of the molecule is CC1(C)CN[C@H](C(C)(O)c2ccccc2)C1. The number of hydrogen-bond donors (Lipinski definition) is 2. The quantitative estimate of drug-likeness (QED) is 0.800. The Morgan fingerprint density at radius 3 is 2.44 bits per heavy atom. The average molecular weight is 219 g/mol. The van der Waals surface area contributed by atoms with Gasteiger partial charge in [-0.25, -0.2) is 0 Å². The predicted octanol–water partition coefficient (Wildman–Crippen LogP) is 2.28. The average Bonchev–Trinajstić information content (AvgIpc) is 2.61. The second-order valence-electron chi connectivity index (χ2n) is 5.82. The lowest BCUT2D eigenvalue weighted by atomic mass is 9.82. The lowest BCUT2D eigenvalue weighted by molar-refractivity contribution is 0.0190. The van der Waals surface area contributed by atoms with Gasteiger partial charge in [-0.2, -0.15) is 0 Å². The smallest absolute Gasteiger partial charge is 0.102 e. The van der Waals surface area contributed by atoms with Crippen molar-refractivity contribution in [3.8, 4) is 0 Å². The van der Waals surface area contributed by atoms with E-state index in [9.17, 15) is 5.11 Å². The Labute approximate surface area is 97.7 Å². The monoisotopic (exact) mass is 219 g/mol. The maximum atomic E-state index is 10.7. The Kier molecular flexibility index (Phi) is 2.81. The van der Waals surface area contributed by atoms with Gasteiger partial charge in [-0.1, -0.05) is 44.2 Å². The standard InChI is InChI=1S/C14H21NO/c1-13(2)9-12(15-10-13)14(3,16)11-7-5-4-6-8-11/h4-8,12,15-16H,9-10H2,1-3H3/t12-,14?/m0/s1. The van der Waals surface area contributed by atoms with Crippen LogP contribution in [0.15, 0.2) is 30.3 Å². The van der Waals surface area contributed by atoms with Gasteiger partial charge in [0.2, 0.25) is 0 Å². The second kappa shape index (κ2) is 3.86. The fourth-order valence-corrected chi connectivity index (χ4v) is 2.47. The van der Waals surface area contributed by atoms with Crippen molar-refractivity contribution in [2.24, 2.45) is 5.41 Å². The van der Waals surface area contributed by atoms with Crippen LogP contribution in [-0.2, 0) is 5.60 Å². The van der Waals surface area contributed by atoms with Crippen molar-refractivity contribution in [2.75, 3.05) is 6.54 Å². The highest BCUT2D eigenvalue weighted by Gasteiger charge is 2.41. The van der Waals surface area contributed by atoms with Gasteiger partial charge in [0, 0.05) is 12.6 Å². The van der Waals surface area contributed by atoms with Crippen molar-refractivity contribution in [3.63, 3.8) is 0 Å². The highest BCUT2D eigenvalue weighted by Crippen LogP contribution is 2.36. The molecule has 1 aliphatic heterocycles. The number of aliphatic hydroxyl groups is 1. The van der Waals surface area contributed by atoms with E-state index in [-0.39, 0.29) is 11.5 Å².